The third-order valence-electron chi connectivity index (χ3n) is 4.13. The minimum Gasteiger partial charge on any atom is -0.462 e. The molecule has 0 spiro atoms. The van der Waals surface area contributed by atoms with Crippen LogP contribution >= 0.6 is 11.3 Å². The number of carbonyl (C=O) groups is 2. The lowest BCUT2D eigenvalue weighted by molar-refractivity contribution is 0.0525. The second-order valence-corrected chi connectivity index (χ2v) is 7.14. The number of ether oxygens (including phenoxy) is 1. The number of amides is 1. The molecule has 2 heterocycles. The van der Waals surface area contributed by atoms with Crippen LogP contribution in [0.3, 0.4) is 0 Å². The third-order valence-corrected chi connectivity index (χ3v) is 5.12. The van der Waals surface area contributed by atoms with Gasteiger partial charge in [-0.3, -0.25) is 10.1 Å². The summed E-state index contributed by atoms with van der Waals surface area (Å²) in [6.45, 7) is 7.75. The summed E-state index contributed by atoms with van der Waals surface area (Å²) in [5, 5.41) is 7.64. The maximum Gasteiger partial charge on any atom is 0.341 e. The van der Waals surface area contributed by atoms with E-state index < -0.39 is 5.97 Å². The number of carbonyl (C=O) groups excluding carboxylic acids is 2. The summed E-state index contributed by atoms with van der Waals surface area (Å²) >= 11 is 1.45. The zero-order valence-corrected chi connectivity index (χ0v) is 16.4. The van der Waals surface area contributed by atoms with Crippen LogP contribution in [-0.4, -0.2) is 33.2 Å². The molecule has 1 aromatic carbocycles. The quantitative estimate of drug-likeness (QED) is 0.678. The Bertz CT molecular complexity index is 970. The van der Waals surface area contributed by atoms with Crippen LogP contribution in [0, 0.1) is 20.8 Å². The summed E-state index contributed by atoms with van der Waals surface area (Å²) in [5.41, 5.74) is 3.28. The Hall–Kier alpha value is -3.00. The molecular formula is C19H20N4O3S. The van der Waals surface area contributed by atoms with Crippen molar-refractivity contribution in [2.45, 2.75) is 27.7 Å². The molecule has 0 radical (unpaired) electrons. The molecule has 0 unspecified atom stereocenters. The molecule has 2 aromatic heterocycles. The number of rotatable bonds is 5. The van der Waals surface area contributed by atoms with E-state index in [2.05, 4.69) is 15.4 Å². The Labute approximate surface area is 161 Å². The number of anilines is 1. The van der Waals surface area contributed by atoms with E-state index in [1.54, 1.807) is 42.8 Å². The van der Waals surface area contributed by atoms with Crippen molar-refractivity contribution in [3.8, 4) is 5.69 Å². The molecule has 8 heteroatoms. The van der Waals surface area contributed by atoms with Gasteiger partial charge < -0.3 is 4.74 Å². The van der Waals surface area contributed by atoms with Gasteiger partial charge in [-0.15, -0.1) is 11.3 Å². The molecule has 1 amide bonds. The molecule has 0 aliphatic carbocycles. The van der Waals surface area contributed by atoms with Gasteiger partial charge in [0, 0.05) is 10.4 Å². The molecule has 3 aromatic rings. The smallest absolute Gasteiger partial charge is 0.341 e. The molecule has 0 fully saturated rings. The molecule has 0 aliphatic rings. The van der Waals surface area contributed by atoms with Gasteiger partial charge in [0.2, 0.25) is 0 Å². The molecule has 3 rings (SSSR count). The van der Waals surface area contributed by atoms with Crippen LogP contribution < -0.4 is 5.32 Å². The predicted octanol–water partition coefficient (Wildman–Crippen LogP) is 3.68. The Balaban J connectivity index is 1.77. The normalized spacial score (nSPS) is 10.7. The van der Waals surface area contributed by atoms with Gasteiger partial charge in [-0.05, 0) is 52.0 Å². The largest absolute Gasteiger partial charge is 0.462 e. The third kappa shape index (κ3) is 3.90. The number of aromatic nitrogens is 3. The zero-order chi connectivity index (χ0) is 19.6. The van der Waals surface area contributed by atoms with Crippen molar-refractivity contribution < 1.29 is 14.3 Å². The Morgan fingerprint density at radius 2 is 1.89 bits per heavy atom. The number of nitrogens with one attached hydrogen (secondary N) is 1. The fourth-order valence-corrected chi connectivity index (χ4v) is 3.34. The lowest BCUT2D eigenvalue weighted by Gasteiger charge is -2.07. The highest BCUT2D eigenvalue weighted by atomic mass is 32.1. The van der Waals surface area contributed by atoms with Crippen LogP contribution in [0.5, 0.6) is 0 Å². The number of nitrogens with zero attached hydrogens (tertiary/aromatic N) is 3. The van der Waals surface area contributed by atoms with Crippen molar-refractivity contribution in [1.29, 1.82) is 0 Å². The van der Waals surface area contributed by atoms with Crippen LogP contribution in [-0.2, 0) is 4.74 Å². The van der Waals surface area contributed by atoms with E-state index in [9.17, 15) is 9.59 Å². The Morgan fingerprint density at radius 3 is 2.48 bits per heavy atom. The van der Waals surface area contributed by atoms with Crippen LogP contribution in [0.4, 0.5) is 5.13 Å². The molecule has 0 bridgehead atoms. The fraction of sp³-hybridized carbons (Fsp3) is 0.263. The SMILES string of the molecule is CCOC(=O)c1cnn(-c2ccc(C(=O)Nc3nc(C)c(C)s3)cc2)c1C. The predicted molar refractivity (Wildman–Crippen MR) is 104 cm³/mol. The van der Waals surface area contributed by atoms with Crippen LogP contribution in [0.1, 0.15) is 43.9 Å². The van der Waals surface area contributed by atoms with E-state index in [0.717, 1.165) is 16.3 Å². The first-order chi connectivity index (χ1) is 12.9. The minimum absolute atomic E-state index is 0.223. The van der Waals surface area contributed by atoms with E-state index >= 15 is 0 Å². The molecule has 0 atom stereocenters. The highest BCUT2D eigenvalue weighted by Gasteiger charge is 2.16. The lowest BCUT2D eigenvalue weighted by atomic mass is 10.2. The van der Waals surface area contributed by atoms with Crippen molar-refractivity contribution in [3.63, 3.8) is 0 Å². The Morgan fingerprint density at radius 1 is 1.19 bits per heavy atom. The fourth-order valence-electron chi connectivity index (χ4n) is 2.53. The summed E-state index contributed by atoms with van der Waals surface area (Å²) in [7, 11) is 0. The molecule has 140 valence electrons. The van der Waals surface area contributed by atoms with Gasteiger partial charge in [0.25, 0.3) is 5.91 Å². The number of benzene rings is 1. The summed E-state index contributed by atoms with van der Waals surface area (Å²) in [4.78, 5) is 29.7. The number of thiazole rings is 1. The molecule has 1 N–H and O–H groups in total. The molecule has 27 heavy (non-hydrogen) atoms. The van der Waals surface area contributed by atoms with Gasteiger partial charge in [0.05, 0.1) is 29.9 Å². The summed E-state index contributed by atoms with van der Waals surface area (Å²) in [6, 6.07) is 6.98. The van der Waals surface area contributed by atoms with Crippen molar-refractivity contribution in [2.75, 3.05) is 11.9 Å². The number of hydrogen-bond acceptors (Lipinski definition) is 6. The number of esters is 1. The first-order valence-electron chi connectivity index (χ1n) is 8.48. The Kier molecular flexibility index (Phi) is 5.36. The molecular weight excluding hydrogens is 364 g/mol. The van der Waals surface area contributed by atoms with Crippen molar-refractivity contribution >= 4 is 28.3 Å². The molecule has 7 nitrogen and oxygen atoms in total. The average Bonchev–Trinajstić information content (AvgIpc) is 3.17. The molecule has 0 saturated heterocycles. The first kappa shape index (κ1) is 18.8. The zero-order valence-electron chi connectivity index (χ0n) is 15.6. The van der Waals surface area contributed by atoms with Crippen molar-refractivity contribution in [3.05, 3.63) is 57.9 Å². The van der Waals surface area contributed by atoms with Crippen molar-refractivity contribution in [2.24, 2.45) is 0 Å². The van der Waals surface area contributed by atoms with E-state index in [-0.39, 0.29) is 5.91 Å². The lowest BCUT2D eigenvalue weighted by Crippen LogP contribution is -2.12. The maximum absolute atomic E-state index is 12.4. The summed E-state index contributed by atoms with van der Waals surface area (Å²) in [5.74, 6) is -0.619. The first-order valence-corrected chi connectivity index (χ1v) is 9.30. The monoisotopic (exact) mass is 384 g/mol. The van der Waals surface area contributed by atoms with Gasteiger partial charge in [-0.25, -0.2) is 14.5 Å². The van der Waals surface area contributed by atoms with E-state index in [1.165, 1.54) is 17.5 Å². The standard InChI is InChI=1S/C19H20N4O3S/c1-5-26-18(25)16-10-20-23(12(16)3)15-8-6-14(7-9-15)17(24)22-19-21-11(2)13(4)27-19/h6-10H,5H2,1-4H3,(H,21,22,24). The van der Waals surface area contributed by atoms with Gasteiger partial charge in [0.1, 0.15) is 5.56 Å². The van der Waals surface area contributed by atoms with Gasteiger partial charge in [-0.1, -0.05) is 0 Å². The number of hydrogen-bond donors (Lipinski definition) is 1. The van der Waals surface area contributed by atoms with Crippen LogP contribution in [0.25, 0.3) is 5.69 Å². The highest BCUT2D eigenvalue weighted by Crippen LogP contribution is 2.22. The number of aryl methyl sites for hydroxylation is 2. The van der Waals surface area contributed by atoms with E-state index in [1.807, 2.05) is 13.8 Å². The molecule has 0 saturated carbocycles. The van der Waals surface area contributed by atoms with Gasteiger partial charge in [0.15, 0.2) is 5.13 Å². The second kappa shape index (κ2) is 7.71. The summed E-state index contributed by atoms with van der Waals surface area (Å²) < 4.78 is 6.67. The van der Waals surface area contributed by atoms with Crippen LogP contribution in [0.15, 0.2) is 30.5 Å². The van der Waals surface area contributed by atoms with E-state index in [4.69, 9.17) is 4.74 Å². The van der Waals surface area contributed by atoms with E-state index in [0.29, 0.717) is 28.6 Å². The second-order valence-electron chi connectivity index (χ2n) is 5.94. The average molecular weight is 384 g/mol. The van der Waals surface area contributed by atoms with Crippen LogP contribution in [0.2, 0.25) is 0 Å². The highest BCUT2D eigenvalue weighted by molar-refractivity contribution is 7.15. The maximum atomic E-state index is 12.4. The van der Waals surface area contributed by atoms with Gasteiger partial charge in [-0.2, -0.15) is 5.10 Å². The summed E-state index contributed by atoms with van der Waals surface area (Å²) in [6.07, 6.45) is 1.49. The van der Waals surface area contributed by atoms with Gasteiger partial charge >= 0.3 is 5.97 Å². The topological polar surface area (TPSA) is 86.1 Å². The minimum atomic E-state index is -0.397. The molecule has 0 aliphatic heterocycles. The van der Waals surface area contributed by atoms with Crippen molar-refractivity contribution in [1.82, 2.24) is 14.8 Å².